The summed E-state index contributed by atoms with van der Waals surface area (Å²) in [5.41, 5.74) is 5.21. The number of thioether (sulfide) groups is 1. The van der Waals surface area contributed by atoms with E-state index in [1.165, 1.54) is 19.0 Å². The first-order valence-corrected chi connectivity index (χ1v) is 11.8. The van der Waals surface area contributed by atoms with Crippen LogP contribution in [-0.2, 0) is 6.42 Å². The van der Waals surface area contributed by atoms with Crippen LogP contribution in [0.3, 0.4) is 0 Å². The minimum atomic E-state index is -0.291. The van der Waals surface area contributed by atoms with E-state index >= 15 is 0 Å². The third kappa shape index (κ3) is 3.33. The Morgan fingerprint density at radius 2 is 2.17 bits per heavy atom. The summed E-state index contributed by atoms with van der Waals surface area (Å²) in [6.07, 6.45) is 4.63. The van der Waals surface area contributed by atoms with Gasteiger partial charge >= 0.3 is 0 Å². The summed E-state index contributed by atoms with van der Waals surface area (Å²) in [4.78, 5) is 11.3. The van der Waals surface area contributed by atoms with Crippen molar-refractivity contribution in [3.8, 4) is 0 Å². The molecule has 0 radical (unpaired) electrons. The van der Waals surface area contributed by atoms with E-state index in [9.17, 15) is 4.39 Å². The summed E-state index contributed by atoms with van der Waals surface area (Å²) in [6.45, 7) is 5.82. The van der Waals surface area contributed by atoms with E-state index in [0.29, 0.717) is 17.6 Å². The first kappa shape index (κ1) is 19.3. The number of fused-ring (bicyclic) bond motifs is 2. The van der Waals surface area contributed by atoms with Gasteiger partial charge in [0.05, 0.1) is 27.6 Å². The van der Waals surface area contributed by atoms with Crippen LogP contribution < -0.4 is 5.32 Å². The lowest BCUT2D eigenvalue weighted by atomic mass is 9.77. The molecule has 5 rings (SSSR count). The van der Waals surface area contributed by atoms with Crippen LogP contribution in [0.5, 0.6) is 0 Å². The summed E-state index contributed by atoms with van der Waals surface area (Å²) < 4.78 is 16.0. The Kier molecular flexibility index (Phi) is 4.80. The number of pyridine rings is 1. The monoisotopic (exact) mass is 428 g/mol. The summed E-state index contributed by atoms with van der Waals surface area (Å²) in [5, 5.41) is 4.31. The molecule has 0 spiro atoms. The van der Waals surface area contributed by atoms with Crippen molar-refractivity contribution >= 4 is 44.7 Å². The molecule has 29 heavy (non-hydrogen) atoms. The molecule has 1 unspecified atom stereocenters. The predicted molar refractivity (Wildman–Crippen MR) is 120 cm³/mol. The van der Waals surface area contributed by atoms with Crippen LogP contribution in [0.25, 0.3) is 10.2 Å². The van der Waals surface area contributed by atoms with Crippen molar-refractivity contribution in [3.05, 3.63) is 41.3 Å². The zero-order chi connectivity index (χ0) is 20.2. The normalized spacial score (nSPS) is 27.3. The maximum atomic E-state index is 14.9. The first-order chi connectivity index (χ1) is 13.9. The molecule has 7 heteroatoms. The van der Waals surface area contributed by atoms with E-state index in [-0.39, 0.29) is 10.6 Å². The third-order valence-electron chi connectivity index (χ3n) is 6.64. The molecule has 1 N–H and O–H groups in total. The first-order valence-electron chi connectivity index (χ1n) is 10.1. The fourth-order valence-electron chi connectivity index (χ4n) is 4.92. The molecule has 152 valence electrons. The second-order valence-corrected chi connectivity index (χ2v) is 10.9. The highest BCUT2D eigenvalue weighted by Crippen LogP contribution is 2.53. The molecule has 0 amide bonds. The number of anilines is 2. The minimum absolute atomic E-state index is 0.0342. The lowest BCUT2D eigenvalue weighted by Gasteiger charge is -2.44. The molecule has 3 aromatic rings. The number of likely N-dealkylation sites (tertiary alicyclic amines) is 1. The van der Waals surface area contributed by atoms with Crippen LogP contribution in [0.1, 0.15) is 32.3 Å². The van der Waals surface area contributed by atoms with Crippen LogP contribution in [0.2, 0.25) is 0 Å². The molecule has 2 aliphatic heterocycles. The maximum Gasteiger partial charge on any atom is 0.165 e. The fraction of sp³-hybridized carbons (Fsp3) is 0.455. The number of rotatable bonds is 3. The number of hydrogen-bond donors (Lipinski definition) is 1. The van der Waals surface area contributed by atoms with Gasteiger partial charge in [-0.25, -0.2) is 14.4 Å². The molecular formula is C22H25FN4S2. The number of hydrogen-bond acceptors (Lipinski definition) is 6. The molecule has 4 nitrogen and oxygen atoms in total. The Balaban J connectivity index is 1.47. The van der Waals surface area contributed by atoms with E-state index in [0.717, 1.165) is 39.5 Å². The van der Waals surface area contributed by atoms with Crippen LogP contribution in [-0.4, -0.2) is 39.2 Å². The molecule has 0 aliphatic carbocycles. The Labute approximate surface area is 178 Å². The molecule has 2 aromatic heterocycles. The molecule has 2 aliphatic rings. The molecule has 1 saturated heterocycles. The summed E-state index contributed by atoms with van der Waals surface area (Å²) >= 11 is 3.44. The number of thiazole rings is 1. The van der Waals surface area contributed by atoms with Gasteiger partial charge in [-0.05, 0) is 70.8 Å². The molecule has 0 bridgehead atoms. The van der Waals surface area contributed by atoms with Gasteiger partial charge in [0, 0.05) is 22.0 Å². The Morgan fingerprint density at radius 1 is 1.31 bits per heavy atom. The van der Waals surface area contributed by atoms with E-state index < -0.39 is 0 Å². The summed E-state index contributed by atoms with van der Waals surface area (Å²) in [7, 11) is 2.21. The second kappa shape index (κ2) is 7.22. The fourth-order valence-corrected chi connectivity index (χ4v) is 7.10. The smallest absolute Gasteiger partial charge is 0.165 e. The number of nitrogens with one attached hydrogen (secondary N) is 1. The van der Waals surface area contributed by atoms with Crippen molar-refractivity contribution in [2.45, 2.75) is 48.9 Å². The Hall–Kier alpha value is -1.70. The quantitative estimate of drug-likeness (QED) is 0.578. The number of benzene rings is 1. The number of aromatic nitrogens is 2. The standard InChI is InChI=1S/C22H25FN4S2/c1-13-16(5-4-8-27(13)3)22(2)10-15-20(17(23)11-24-21(15)29-22)26-14-6-7-19-18(9-14)25-12-28-19/h6-7,9,11-13,16H,4-5,8,10H2,1-3H3,(H,24,26)/t13-,16-,22?/m1/s1. The lowest BCUT2D eigenvalue weighted by molar-refractivity contribution is 0.111. The highest BCUT2D eigenvalue weighted by Gasteiger charge is 2.46. The van der Waals surface area contributed by atoms with Gasteiger partial charge in [0.15, 0.2) is 5.82 Å². The van der Waals surface area contributed by atoms with Crippen LogP contribution in [0.15, 0.2) is 34.9 Å². The van der Waals surface area contributed by atoms with Gasteiger partial charge in [0.1, 0.15) is 5.03 Å². The van der Waals surface area contributed by atoms with Gasteiger partial charge < -0.3 is 10.2 Å². The molecule has 1 aromatic carbocycles. The second-order valence-electron chi connectivity index (χ2n) is 8.49. The van der Waals surface area contributed by atoms with Gasteiger partial charge in [0.25, 0.3) is 0 Å². The maximum absolute atomic E-state index is 14.9. The third-order valence-corrected chi connectivity index (χ3v) is 8.91. The van der Waals surface area contributed by atoms with Gasteiger partial charge in [0.2, 0.25) is 0 Å². The van der Waals surface area contributed by atoms with Gasteiger partial charge in [-0.2, -0.15) is 0 Å². The van der Waals surface area contributed by atoms with Gasteiger partial charge in [-0.15, -0.1) is 11.3 Å². The van der Waals surface area contributed by atoms with E-state index in [4.69, 9.17) is 0 Å². The summed E-state index contributed by atoms with van der Waals surface area (Å²) in [6, 6.07) is 6.53. The number of halogens is 1. The van der Waals surface area contributed by atoms with Crippen LogP contribution >= 0.6 is 23.1 Å². The highest BCUT2D eigenvalue weighted by molar-refractivity contribution is 8.01. The van der Waals surface area contributed by atoms with E-state index in [1.54, 1.807) is 11.3 Å². The Bertz CT molecular complexity index is 1070. The van der Waals surface area contributed by atoms with Crippen molar-refractivity contribution in [1.29, 1.82) is 0 Å². The molecule has 1 fully saturated rings. The van der Waals surface area contributed by atoms with Crippen molar-refractivity contribution in [1.82, 2.24) is 14.9 Å². The number of piperidine rings is 1. The zero-order valence-electron chi connectivity index (χ0n) is 16.9. The Morgan fingerprint density at radius 3 is 3.03 bits per heavy atom. The predicted octanol–water partition coefficient (Wildman–Crippen LogP) is 5.71. The number of nitrogens with zero attached hydrogens (tertiary/aromatic N) is 3. The van der Waals surface area contributed by atoms with E-state index in [1.807, 2.05) is 35.5 Å². The zero-order valence-corrected chi connectivity index (χ0v) is 18.5. The topological polar surface area (TPSA) is 41.1 Å². The van der Waals surface area contributed by atoms with Crippen molar-refractivity contribution in [2.75, 3.05) is 18.9 Å². The highest BCUT2D eigenvalue weighted by atomic mass is 32.2. The molecular weight excluding hydrogens is 403 g/mol. The molecule has 4 heterocycles. The van der Waals surface area contributed by atoms with Gasteiger partial charge in [-0.3, -0.25) is 0 Å². The minimum Gasteiger partial charge on any atom is -0.353 e. The summed E-state index contributed by atoms with van der Waals surface area (Å²) in [5.74, 6) is 0.267. The molecule has 0 saturated carbocycles. The van der Waals surface area contributed by atoms with Crippen molar-refractivity contribution < 1.29 is 4.39 Å². The largest absolute Gasteiger partial charge is 0.353 e. The SMILES string of the molecule is C[C@@H]1[C@H](C2(C)Cc3c(ncc(F)c3Nc3ccc4scnc4c3)S2)CCCN1C. The average Bonchev–Trinajstić information content (AvgIpc) is 3.30. The van der Waals surface area contributed by atoms with Crippen molar-refractivity contribution in [2.24, 2.45) is 5.92 Å². The van der Waals surface area contributed by atoms with Gasteiger partial charge in [-0.1, -0.05) is 11.8 Å². The average molecular weight is 429 g/mol. The van der Waals surface area contributed by atoms with E-state index in [2.05, 4.69) is 41.1 Å². The molecule has 3 atom stereocenters. The lowest BCUT2D eigenvalue weighted by Crippen LogP contribution is -2.49. The van der Waals surface area contributed by atoms with Crippen LogP contribution in [0.4, 0.5) is 15.8 Å². The van der Waals surface area contributed by atoms with Crippen LogP contribution in [0, 0.1) is 11.7 Å². The van der Waals surface area contributed by atoms with Crippen molar-refractivity contribution in [3.63, 3.8) is 0 Å².